The normalized spacial score (nSPS) is 11.3. The van der Waals surface area contributed by atoms with E-state index in [2.05, 4.69) is 19.9 Å². The lowest BCUT2D eigenvalue weighted by molar-refractivity contribution is 0.589. The van der Waals surface area contributed by atoms with Crippen LogP contribution in [0.5, 0.6) is 0 Å². The zero-order chi connectivity index (χ0) is 14.4. The van der Waals surface area contributed by atoms with E-state index >= 15 is 0 Å². The number of nitrogens with one attached hydrogen (secondary N) is 1. The quantitative estimate of drug-likeness (QED) is 0.525. The number of aromatic nitrogens is 4. The molecule has 0 saturated carbocycles. The van der Waals surface area contributed by atoms with Gasteiger partial charge in [0.1, 0.15) is 5.65 Å². The molecule has 4 aromatic heterocycles. The van der Waals surface area contributed by atoms with E-state index in [1.54, 1.807) is 12.4 Å². The first-order chi connectivity index (χ1) is 10.2. The highest BCUT2D eigenvalue weighted by atomic mass is 19.1. The molecule has 0 atom stereocenters. The van der Waals surface area contributed by atoms with E-state index in [0.29, 0.717) is 11.3 Å². The number of anilines is 1. The van der Waals surface area contributed by atoms with Crippen molar-refractivity contribution in [1.29, 1.82) is 0 Å². The fraction of sp³-hybridized carbons (Fsp3) is 0. The monoisotopic (exact) mass is 279 g/mol. The van der Waals surface area contributed by atoms with Gasteiger partial charge in [0.15, 0.2) is 0 Å². The van der Waals surface area contributed by atoms with Crippen molar-refractivity contribution >= 4 is 27.6 Å². The summed E-state index contributed by atoms with van der Waals surface area (Å²) < 4.78 is 13.1. The average Bonchev–Trinajstić information content (AvgIpc) is 2.87. The molecular formula is C15H10FN5. The molecule has 0 aliphatic carbocycles. The van der Waals surface area contributed by atoms with Crippen LogP contribution >= 0.6 is 0 Å². The lowest BCUT2D eigenvalue weighted by Gasteiger charge is -2.02. The summed E-state index contributed by atoms with van der Waals surface area (Å²) in [4.78, 5) is 15.5. The third-order valence-electron chi connectivity index (χ3n) is 3.42. The second-order valence-corrected chi connectivity index (χ2v) is 4.74. The standard InChI is InChI=1S/C15H10FN5/c16-14-11(17)5-8(6-19-14)12-2-1-9-10-7-18-4-3-13(10)21-15(9)20-12/h1-7H,17H2,(H,20,21). The average molecular weight is 279 g/mol. The van der Waals surface area contributed by atoms with Gasteiger partial charge in [0.25, 0.3) is 0 Å². The van der Waals surface area contributed by atoms with Gasteiger partial charge in [-0.05, 0) is 24.3 Å². The Hall–Kier alpha value is -3.02. The topological polar surface area (TPSA) is 80.5 Å². The number of rotatable bonds is 1. The van der Waals surface area contributed by atoms with Crippen LogP contribution in [0.1, 0.15) is 0 Å². The van der Waals surface area contributed by atoms with Crippen LogP contribution in [-0.4, -0.2) is 19.9 Å². The Balaban J connectivity index is 1.94. The summed E-state index contributed by atoms with van der Waals surface area (Å²) in [5, 5.41) is 2.01. The van der Waals surface area contributed by atoms with Crippen LogP contribution in [0.4, 0.5) is 10.1 Å². The first-order valence-electron chi connectivity index (χ1n) is 6.36. The van der Waals surface area contributed by atoms with Crippen LogP contribution in [0.2, 0.25) is 0 Å². The van der Waals surface area contributed by atoms with Crippen molar-refractivity contribution < 1.29 is 4.39 Å². The molecule has 0 unspecified atom stereocenters. The SMILES string of the molecule is Nc1cc(-c2ccc3c(n2)[nH]c2ccncc23)cnc1F. The molecule has 5 nitrogen and oxygen atoms in total. The maximum absolute atomic E-state index is 13.1. The van der Waals surface area contributed by atoms with Crippen molar-refractivity contribution in [3.8, 4) is 11.3 Å². The minimum Gasteiger partial charge on any atom is -0.395 e. The van der Waals surface area contributed by atoms with Gasteiger partial charge in [-0.15, -0.1) is 0 Å². The number of H-pyrrole nitrogens is 1. The molecule has 0 aromatic carbocycles. The van der Waals surface area contributed by atoms with E-state index in [9.17, 15) is 4.39 Å². The number of halogens is 1. The van der Waals surface area contributed by atoms with E-state index < -0.39 is 5.95 Å². The lowest BCUT2D eigenvalue weighted by Crippen LogP contribution is -1.95. The summed E-state index contributed by atoms with van der Waals surface area (Å²) in [5.41, 5.74) is 8.64. The summed E-state index contributed by atoms with van der Waals surface area (Å²) in [6, 6.07) is 7.24. The molecule has 0 aliphatic heterocycles. The predicted octanol–water partition coefficient (Wildman–Crippen LogP) is 2.89. The van der Waals surface area contributed by atoms with Gasteiger partial charge >= 0.3 is 0 Å². The van der Waals surface area contributed by atoms with Gasteiger partial charge < -0.3 is 10.7 Å². The zero-order valence-corrected chi connectivity index (χ0v) is 10.8. The highest BCUT2D eigenvalue weighted by molar-refractivity contribution is 6.05. The van der Waals surface area contributed by atoms with Gasteiger partial charge in [-0.2, -0.15) is 4.39 Å². The maximum atomic E-state index is 13.1. The second kappa shape index (κ2) is 4.24. The Morgan fingerprint density at radius 3 is 2.86 bits per heavy atom. The van der Waals surface area contributed by atoms with Gasteiger partial charge in [0.2, 0.25) is 5.95 Å². The van der Waals surface area contributed by atoms with Crippen LogP contribution in [0, 0.1) is 5.95 Å². The molecular weight excluding hydrogens is 269 g/mol. The molecule has 0 spiro atoms. The number of aromatic amines is 1. The van der Waals surface area contributed by atoms with E-state index in [1.165, 1.54) is 12.3 Å². The molecule has 0 radical (unpaired) electrons. The molecule has 6 heteroatoms. The fourth-order valence-corrected chi connectivity index (χ4v) is 2.38. The Morgan fingerprint density at radius 1 is 1.10 bits per heavy atom. The summed E-state index contributed by atoms with van der Waals surface area (Å²) in [6.45, 7) is 0. The fourth-order valence-electron chi connectivity index (χ4n) is 2.38. The van der Waals surface area contributed by atoms with Gasteiger partial charge in [-0.3, -0.25) is 4.98 Å². The van der Waals surface area contributed by atoms with Gasteiger partial charge in [0.05, 0.1) is 16.9 Å². The van der Waals surface area contributed by atoms with E-state index in [0.717, 1.165) is 21.9 Å². The maximum Gasteiger partial charge on any atom is 0.236 e. The molecule has 0 saturated heterocycles. The smallest absolute Gasteiger partial charge is 0.236 e. The number of fused-ring (bicyclic) bond motifs is 3. The molecule has 0 amide bonds. The van der Waals surface area contributed by atoms with Crippen LogP contribution < -0.4 is 5.73 Å². The largest absolute Gasteiger partial charge is 0.395 e. The van der Waals surface area contributed by atoms with Crippen LogP contribution in [0.15, 0.2) is 42.9 Å². The molecule has 4 aromatic rings. The van der Waals surface area contributed by atoms with E-state index in [4.69, 9.17) is 5.73 Å². The number of hydrogen-bond donors (Lipinski definition) is 2. The minimum atomic E-state index is -0.670. The van der Waals surface area contributed by atoms with Gasteiger partial charge in [0, 0.05) is 34.9 Å². The number of nitrogen functional groups attached to an aromatic ring is 1. The van der Waals surface area contributed by atoms with E-state index in [-0.39, 0.29) is 5.69 Å². The van der Waals surface area contributed by atoms with Crippen molar-refractivity contribution in [2.24, 2.45) is 0 Å². The lowest BCUT2D eigenvalue weighted by atomic mass is 10.1. The number of pyridine rings is 3. The molecule has 0 bridgehead atoms. The van der Waals surface area contributed by atoms with Crippen LogP contribution in [-0.2, 0) is 0 Å². The van der Waals surface area contributed by atoms with Crippen LogP contribution in [0.25, 0.3) is 33.2 Å². The third kappa shape index (κ3) is 1.80. The first-order valence-corrected chi connectivity index (χ1v) is 6.36. The van der Waals surface area contributed by atoms with Crippen LogP contribution in [0.3, 0.4) is 0 Å². The van der Waals surface area contributed by atoms with Crippen molar-refractivity contribution in [2.45, 2.75) is 0 Å². The molecule has 0 aliphatic rings. The summed E-state index contributed by atoms with van der Waals surface area (Å²) in [7, 11) is 0. The highest BCUT2D eigenvalue weighted by Gasteiger charge is 2.09. The molecule has 4 heterocycles. The number of nitrogens with zero attached hydrogens (tertiary/aromatic N) is 3. The Bertz CT molecular complexity index is 976. The summed E-state index contributed by atoms with van der Waals surface area (Å²) in [5.74, 6) is -0.670. The number of nitrogens with two attached hydrogens (primary N) is 1. The van der Waals surface area contributed by atoms with Crippen molar-refractivity contribution in [3.05, 3.63) is 48.8 Å². The van der Waals surface area contributed by atoms with E-state index in [1.807, 2.05) is 18.2 Å². The minimum absolute atomic E-state index is 0.00948. The van der Waals surface area contributed by atoms with Gasteiger partial charge in [-0.1, -0.05) is 0 Å². The van der Waals surface area contributed by atoms with Crippen molar-refractivity contribution in [2.75, 3.05) is 5.73 Å². The summed E-state index contributed by atoms with van der Waals surface area (Å²) in [6.07, 6.45) is 4.94. The summed E-state index contributed by atoms with van der Waals surface area (Å²) >= 11 is 0. The van der Waals surface area contributed by atoms with Crippen molar-refractivity contribution in [3.63, 3.8) is 0 Å². The third-order valence-corrected chi connectivity index (χ3v) is 3.42. The molecule has 0 fully saturated rings. The second-order valence-electron chi connectivity index (χ2n) is 4.74. The molecule has 4 rings (SSSR count). The predicted molar refractivity (Wildman–Crippen MR) is 79.0 cm³/mol. The van der Waals surface area contributed by atoms with Crippen molar-refractivity contribution in [1.82, 2.24) is 19.9 Å². The Kier molecular flexibility index (Phi) is 2.38. The highest BCUT2D eigenvalue weighted by Crippen LogP contribution is 2.27. The molecule has 21 heavy (non-hydrogen) atoms. The first kappa shape index (κ1) is 11.8. The molecule has 102 valence electrons. The zero-order valence-electron chi connectivity index (χ0n) is 10.8. The Labute approximate surface area is 118 Å². The van der Waals surface area contributed by atoms with Gasteiger partial charge in [-0.25, -0.2) is 9.97 Å². The molecule has 3 N–H and O–H groups in total. The number of hydrogen-bond acceptors (Lipinski definition) is 4. The Morgan fingerprint density at radius 2 is 2.00 bits per heavy atom.